The Morgan fingerprint density at radius 2 is 2.44 bits per heavy atom. The number of nitro benzene ring substituents is 1. The standard InChI is InChI=1S/C12H13N3O2S/c1-3-4-8(2)14-9-5-6-10-11(13-7-18-10)12(9)15(16)17/h3,5-8,14H,1,4H2,2H3. The number of anilines is 1. The topological polar surface area (TPSA) is 68.1 Å². The summed E-state index contributed by atoms with van der Waals surface area (Å²) in [6.07, 6.45) is 2.52. The number of hydrogen-bond acceptors (Lipinski definition) is 5. The van der Waals surface area contributed by atoms with Crippen molar-refractivity contribution in [3.05, 3.63) is 40.4 Å². The average Bonchev–Trinajstić information content (AvgIpc) is 2.76. The third kappa shape index (κ3) is 2.33. The molecule has 1 atom stereocenters. The molecule has 94 valence electrons. The number of nitro groups is 1. The third-order valence-corrected chi connectivity index (χ3v) is 3.37. The van der Waals surface area contributed by atoms with Crippen molar-refractivity contribution in [3.63, 3.8) is 0 Å². The van der Waals surface area contributed by atoms with Crippen molar-refractivity contribution < 1.29 is 4.92 Å². The van der Waals surface area contributed by atoms with Crippen molar-refractivity contribution in [2.24, 2.45) is 0 Å². The molecule has 2 rings (SSSR count). The first-order valence-electron chi connectivity index (χ1n) is 5.51. The summed E-state index contributed by atoms with van der Waals surface area (Å²) in [5.41, 5.74) is 2.62. The van der Waals surface area contributed by atoms with Gasteiger partial charge >= 0.3 is 5.69 Å². The zero-order chi connectivity index (χ0) is 13.1. The van der Waals surface area contributed by atoms with E-state index in [1.807, 2.05) is 13.0 Å². The van der Waals surface area contributed by atoms with Crippen LogP contribution >= 0.6 is 11.3 Å². The zero-order valence-electron chi connectivity index (χ0n) is 9.92. The van der Waals surface area contributed by atoms with Crippen LogP contribution in [-0.2, 0) is 0 Å². The summed E-state index contributed by atoms with van der Waals surface area (Å²) in [4.78, 5) is 14.9. The van der Waals surface area contributed by atoms with Gasteiger partial charge in [-0.05, 0) is 25.5 Å². The van der Waals surface area contributed by atoms with Gasteiger partial charge in [-0.3, -0.25) is 10.1 Å². The first kappa shape index (κ1) is 12.5. The van der Waals surface area contributed by atoms with E-state index in [0.717, 1.165) is 11.1 Å². The molecule has 0 aliphatic rings. The predicted octanol–water partition coefficient (Wildman–Crippen LogP) is 3.58. The van der Waals surface area contributed by atoms with Gasteiger partial charge in [-0.25, -0.2) is 4.98 Å². The minimum absolute atomic E-state index is 0.0460. The van der Waals surface area contributed by atoms with E-state index in [-0.39, 0.29) is 16.7 Å². The van der Waals surface area contributed by atoms with Crippen molar-refractivity contribution in [2.45, 2.75) is 19.4 Å². The molecule has 2 aromatic rings. The highest BCUT2D eigenvalue weighted by Gasteiger charge is 2.21. The van der Waals surface area contributed by atoms with Gasteiger partial charge in [0.15, 0.2) is 5.52 Å². The SMILES string of the molecule is C=CCC(C)Nc1ccc2scnc2c1[N+](=O)[O-]. The molecule has 1 aromatic heterocycles. The molecule has 0 saturated heterocycles. The van der Waals surface area contributed by atoms with Crippen LogP contribution in [0.1, 0.15) is 13.3 Å². The van der Waals surface area contributed by atoms with Crippen LogP contribution in [0.15, 0.2) is 30.3 Å². The number of benzene rings is 1. The molecule has 5 nitrogen and oxygen atoms in total. The smallest absolute Gasteiger partial charge is 0.319 e. The first-order chi connectivity index (χ1) is 8.63. The predicted molar refractivity (Wildman–Crippen MR) is 74.2 cm³/mol. The van der Waals surface area contributed by atoms with E-state index in [2.05, 4.69) is 16.9 Å². The molecule has 0 amide bonds. The van der Waals surface area contributed by atoms with E-state index >= 15 is 0 Å². The Balaban J connectivity index is 2.45. The molecule has 1 heterocycles. The Bertz CT molecular complexity index is 594. The zero-order valence-corrected chi connectivity index (χ0v) is 10.7. The molecule has 0 saturated carbocycles. The quantitative estimate of drug-likeness (QED) is 0.508. The van der Waals surface area contributed by atoms with Crippen LogP contribution in [0.25, 0.3) is 10.2 Å². The average molecular weight is 263 g/mol. The Kier molecular flexibility index (Phi) is 3.57. The second-order valence-electron chi connectivity index (χ2n) is 3.99. The summed E-state index contributed by atoms with van der Waals surface area (Å²) in [5, 5.41) is 14.3. The maximum Gasteiger partial charge on any atom is 0.319 e. The Hall–Kier alpha value is -1.95. The lowest BCUT2D eigenvalue weighted by Crippen LogP contribution is -2.15. The van der Waals surface area contributed by atoms with Crippen LogP contribution in [0.3, 0.4) is 0 Å². The van der Waals surface area contributed by atoms with Gasteiger partial charge in [-0.2, -0.15) is 0 Å². The minimum atomic E-state index is -0.384. The molecule has 1 N–H and O–H groups in total. The second-order valence-corrected chi connectivity index (χ2v) is 4.87. The maximum atomic E-state index is 11.2. The molecule has 1 aromatic carbocycles. The van der Waals surface area contributed by atoms with Crippen molar-refractivity contribution in [3.8, 4) is 0 Å². The molecular formula is C12H13N3O2S. The first-order valence-corrected chi connectivity index (χ1v) is 6.39. The normalized spacial score (nSPS) is 12.3. The Morgan fingerprint density at radius 3 is 3.11 bits per heavy atom. The highest BCUT2D eigenvalue weighted by Crippen LogP contribution is 2.34. The summed E-state index contributed by atoms with van der Waals surface area (Å²) in [7, 11) is 0. The minimum Gasteiger partial charge on any atom is -0.377 e. The van der Waals surface area contributed by atoms with Crippen molar-refractivity contribution >= 4 is 32.9 Å². The van der Waals surface area contributed by atoms with E-state index in [1.165, 1.54) is 11.3 Å². The lowest BCUT2D eigenvalue weighted by molar-refractivity contribution is -0.382. The van der Waals surface area contributed by atoms with Gasteiger partial charge in [0.2, 0.25) is 0 Å². The second kappa shape index (κ2) is 5.14. The number of aromatic nitrogens is 1. The fraction of sp³-hybridized carbons (Fsp3) is 0.250. The Labute approximate surface area is 108 Å². The number of hydrogen-bond donors (Lipinski definition) is 1. The van der Waals surface area contributed by atoms with Gasteiger partial charge in [0.1, 0.15) is 5.69 Å². The van der Waals surface area contributed by atoms with E-state index in [0.29, 0.717) is 11.2 Å². The van der Waals surface area contributed by atoms with Gasteiger partial charge < -0.3 is 5.32 Å². The number of thiazole rings is 1. The molecule has 0 bridgehead atoms. The molecular weight excluding hydrogens is 250 g/mol. The van der Waals surface area contributed by atoms with E-state index in [9.17, 15) is 10.1 Å². The molecule has 18 heavy (non-hydrogen) atoms. The molecule has 0 aliphatic carbocycles. The number of rotatable bonds is 5. The van der Waals surface area contributed by atoms with Gasteiger partial charge in [-0.1, -0.05) is 6.08 Å². The van der Waals surface area contributed by atoms with Crippen LogP contribution in [-0.4, -0.2) is 15.9 Å². The van der Waals surface area contributed by atoms with Crippen LogP contribution < -0.4 is 5.32 Å². The maximum absolute atomic E-state index is 11.2. The summed E-state index contributed by atoms with van der Waals surface area (Å²) < 4.78 is 0.823. The lowest BCUT2D eigenvalue weighted by Gasteiger charge is -2.13. The summed E-state index contributed by atoms with van der Waals surface area (Å²) >= 11 is 1.40. The lowest BCUT2D eigenvalue weighted by atomic mass is 10.2. The summed E-state index contributed by atoms with van der Waals surface area (Å²) in [6.45, 7) is 5.61. The summed E-state index contributed by atoms with van der Waals surface area (Å²) in [5.74, 6) is 0. The van der Waals surface area contributed by atoms with Crippen LogP contribution in [0.4, 0.5) is 11.4 Å². The van der Waals surface area contributed by atoms with Gasteiger partial charge in [0.05, 0.1) is 15.1 Å². The van der Waals surface area contributed by atoms with Gasteiger partial charge in [0.25, 0.3) is 0 Å². The van der Waals surface area contributed by atoms with Crippen LogP contribution in [0, 0.1) is 10.1 Å². The van der Waals surface area contributed by atoms with Crippen LogP contribution in [0.2, 0.25) is 0 Å². The fourth-order valence-electron chi connectivity index (χ4n) is 1.79. The van der Waals surface area contributed by atoms with E-state index < -0.39 is 0 Å². The largest absolute Gasteiger partial charge is 0.377 e. The van der Waals surface area contributed by atoms with Gasteiger partial charge in [-0.15, -0.1) is 17.9 Å². The molecule has 0 aliphatic heterocycles. The van der Waals surface area contributed by atoms with Gasteiger partial charge in [0, 0.05) is 6.04 Å². The molecule has 0 spiro atoms. The monoisotopic (exact) mass is 263 g/mol. The number of fused-ring (bicyclic) bond motifs is 1. The highest BCUT2D eigenvalue weighted by molar-refractivity contribution is 7.16. The van der Waals surface area contributed by atoms with Crippen molar-refractivity contribution in [1.29, 1.82) is 0 Å². The molecule has 1 unspecified atom stereocenters. The summed E-state index contributed by atoms with van der Waals surface area (Å²) in [6, 6.07) is 3.68. The number of nitrogens with one attached hydrogen (secondary N) is 1. The third-order valence-electron chi connectivity index (χ3n) is 2.58. The van der Waals surface area contributed by atoms with Crippen molar-refractivity contribution in [1.82, 2.24) is 4.98 Å². The van der Waals surface area contributed by atoms with Crippen molar-refractivity contribution in [2.75, 3.05) is 5.32 Å². The molecule has 0 fully saturated rings. The Morgan fingerprint density at radius 1 is 1.67 bits per heavy atom. The highest BCUT2D eigenvalue weighted by atomic mass is 32.1. The number of nitrogens with zero attached hydrogens (tertiary/aromatic N) is 2. The fourth-order valence-corrected chi connectivity index (χ4v) is 2.47. The van der Waals surface area contributed by atoms with E-state index in [1.54, 1.807) is 17.7 Å². The van der Waals surface area contributed by atoms with Crippen LogP contribution in [0.5, 0.6) is 0 Å². The molecule has 0 radical (unpaired) electrons. The van der Waals surface area contributed by atoms with E-state index in [4.69, 9.17) is 0 Å². The molecule has 6 heteroatoms.